The van der Waals surface area contributed by atoms with Crippen molar-refractivity contribution in [2.75, 3.05) is 19.8 Å². The molecule has 1 amide bonds. The quantitative estimate of drug-likeness (QED) is 0.614. The molecule has 0 spiro atoms. The number of carbonyl (C=O) groups excluding carboxylic acids is 2. The molecule has 0 unspecified atom stereocenters. The molecule has 0 aliphatic carbocycles. The predicted molar refractivity (Wildman–Crippen MR) is 68.5 cm³/mol. The summed E-state index contributed by atoms with van der Waals surface area (Å²) in [4.78, 5) is 24.4. The molecule has 0 aromatic rings. The molecule has 0 bridgehead atoms. The zero-order valence-corrected chi connectivity index (χ0v) is 11.8. The fourth-order valence-electron chi connectivity index (χ4n) is 1.76. The maximum Gasteiger partial charge on any atom is 0.411 e. The lowest BCUT2D eigenvalue weighted by molar-refractivity contribution is -0.144. The SMILES string of the molecule is CC(=O)OC[C@]1(CO)C=CCN1C(=O)OC(C)(C)C. The van der Waals surface area contributed by atoms with E-state index < -0.39 is 23.2 Å². The van der Waals surface area contributed by atoms with Gasteiger partial charge in [-0.2, -0.15) is 0 Å². The fraction of sp³-hybridized carbons (Fsp3) is 0.692. The second-order valence-corrected chi connectivity index (χ2v) is 5.54. The molecule has 1 N–H and O–H groups in total. The minimum atomic E-state index is -1.03. The minimum absolute atomic E-state index is 0.0887. The Balaban J connectivity index is 2.81. The molecule has 0 saturated carbocycles. The normalized spacial score (nSPS) is 22.5. The van der Waals surface area contributed by atoms with Crippen molar-refractivity contribution in [3.05, 3.63) is 12.2 Å². The Bertz CT molecular complexity index is 385. The second-order valence-electron chi connectivity index (χ2n) is 5.54. The Morgan fingerprint density at radius 3 is 2.53 bits per heavy atom. The number of ether oxygens (including phenoxy) is 2. The van der Waals surface area contributed by atoms with Gasteiger partial charge in [-0.05, 0) is 20.8 Å². The van der Waals surface area contributed by atoms with E-state index >= 15 is 0 Å². The van der Waals surface area contributed by atoms with Crippen molar-refractivity contribution in [1.29, 1.82) is 0 Å². The molecule has 0 saturated heterocycles. The van der Waals surface area contributed by atoms with Crippen LogP contribution in [-0.4, -0.2) is 53.0 Å². The van der Waals surface area contributed by atoms with Crippen LogP contribution in [0.5, 0.6) is 0 Å². The molecular weight excluding hydrogens is 250 g/mol. The van der Waals surface area contributed by atoms with Crippen LogP contribution in [0.1, 0.15) is 27.7 Å². The van der Waals surface area contributed by atoms with Gasteiger partial charge in [0, 0.05) is 13.5 Å². The largest absolute Gasteiger partial charge is 0.463 e. The summed E-state index contributed by atoms with van der Waals surface area (Å²) in [5.74, 6) is -0.461. The molecule has 0 aromatic carbocycles. The van der Waals surface area contributed by atoms with E-state index in [0.717, 1.165) is 0 Å². The van der Waals surface area contributed by atoms with Crippen LogP contribution in [0, 0.1) is 0 Å². The zero-order valence-electron chi connectivity index (χ0n) is 11.8. The summed E-state index contributed by atoms with van der Waals surface area (Å²) >= 11 is 0. The number of rotatable bonds is 3. The molecular formula is C13H21NO5. The van der Waals surface area contributed by atoms with Gasteiger partial charge in [-0.15, -0.1) is 0 Å². The van der Waals surface area contributed by atoms with E-state index in [1.54, 1.807) is 32.9 Å². The Hall–Kier alpha value is -1.56. The highest BCUT2D eigenvalue weighted by atomic mass is 16.6. The second kappa shape index (κ2) is 5.61. The van der Waals surface area contributed by atoms with E-state index in [0.29, 0.717) is 6.54 Å². The van der Waals surface area contributed by atoms with Crippen LogP contribution in [0.4, 0.5) is 4.79 Å². The Kier molecular flexibility index (Phi) is 4.57. The zero-order chi connectivity index (χ0) is 14.7. The Morgan fingerprint density at radius 2 is 2.05 bits per heavy atom. The van der Waals surface area contributed by atoms with Crippen molar-refractivity contribution in [2.24, 2.45) is 0 Å². The van der Waals surface area contributed by atoms with Crippen LogP contribution in [-0.2, 0) is 14.3 Å². The summed E-state index contributed by atoms with van der Waals surface area (Å²) in [6.45, 7) is 6.46. The van der Waals surface area contributed by atoms with Gasteiger partial charge >= 0.3 is 12.1 Å². The summed E-state index contributed by atoms with van der Waals surface area (Å²) in [5.41, 5.74) is -1.66. The number of carbonyl (C=O) groups is 2. The summed E-state index contributed by atoms with van der Waals surface area (Å²) in [7, 11) is 0. The van der Waals surface area contributed by atoms with Gasteiger partial charge in [0.2, 0.25) is 0 Å². The van der Waals surface area contributed by atoms with Gasteiger partial charge in [-0.1, -0.05) is 12.2 Å². The van der Waals surface area contributed by atoms with E-state index in [9.17, 15) is 14.7 Å². The average Bonchev–Trinajstić information content (AvgIpc) is 2.68. The number of aliphatic hydroxyl groups is 1. The van der Waals surface area contributed by atoms with Crippen LogP contribution in [0.2, 0.25) is 0 Å². The van der Waals surface area contributed by atoms with Gasteiger partial charge in [-0.3, -0.25) is 9.69 Å². The van der Waals surface area contributed by atoms with E-state index in [1.807, 2.05) is 0 Å². The number of esters is 1. The smallest absolute Gasteiger partial charge is 0.411 e. The number of hydrogen-bond donors (Lipinski definition) is 1. The van der Waals surface area contributed by atoms with Gasteiger partial charge in [0.15, 0.2) is 0 Å². The van der Waals surface area contributed by atoms with E-state index in [2.05, 4.69) is 0 Å². The highest BCUT2D eigenvalue weighted by Crippen LogP contribution is 2.26. The maximum absolute atomic E-state index is 12.1. The molecule has 1 heterocycles. The topological polar surface area (TPSA) is 76.1 Å². The van der Waals surface area contributed by atoms with Crippen molar-refractivity contribution in [2.45, 2.75) is 38.8 Å². The van der Waals surface area contributed by atoms with Crippen LogP contribution in [0.3, 0.4) is 0 Å². The third-order valence-corrected chi connectivity index (χ3v) is 2.67. The standard InChI is InChI=1S/C13H21NO5/c1-10(16)18-9-13(8-15)6-5-7-14(13)11(17)19-12(2,3)4/h5-6,15H,7-9H2,1-4H3/t13-/m1/s1. The van der Waals surface area contributed by atoms with Crippen molar-refractivity contribution in [1.82, 2.24) is 4.90 Å². The van der Waals surface area contributed by atoms with Gasteiger partial charge in [0.25, 0.3) is 0 Å². The summed E-state index contributed by atoms with van der Waals surface area (Å²) in [6.07, 6.45) is 2.86. The van der Waals surface area contributed by atoms with Crippen LogP contribution in [0.25, 0.3) is 0 Å². The molecule has 108 valence electrons. The predicted octanol–water partition coefficient (Wildman–Crippen LogP) is 1.09. The lowest BCUT2D eigenvalue weighted by Gasteiger charge is -2.36. The minimum Gasteiger partial charge on any atom is -0.463 e. The number of aliphatic hydroxyl groups excluding tert-OH is 1. The molecule has 19 heavy (non-hydrogen) atoms. The Labute approximate surface area is 113 Å². The summed E-state index contributed by atoms with van der Waals surface area (Å²) < 4.78 is 10.2. The molecule has 0 aromatic heterocycles. The van der Waals surface area contributed by atoms with Crippen LogP contribution < -0.4 is 0 Å². The van der Waals surface area contributed by atoms with E-state index in [1.165, 1.54) is 11.8 Å². The molecule has 0 fully saturated rings. The van der Waals surface area contributed by atoms with Crippen molar-refractivity contribution >= 4 is 12.1 Å². The van der Waals surface area contributed by atoms with Crippen molar-refractivity contribution in [3.8, 4) is 0 Å². The molecule has 1 aliphatic heterocycles. The lowest BCUT2D eigenvalue weighted by Crippen LogP contribution is -2.54. The molecule has 1 atom stereocenters. The first kappa shape index (κ1) is 15.5. The average molecular weight is 271 g/mol. The third-order valence-electron chi connectivity index (χ3n) is 2.67. The number of amides is 1. The third kappa shape index (κ3) is 3.96. The number of hydrogen-bond acceptors (Lipinski definition) is 5. The first-order valence-corrected chi connectivity index (χ1v) is 6.13. The lowest BCUT2D eigenvalue weighted by atomic mass is 10.0. The summed E-state index contributed by atoms with van der Waals surface area (Å²) in [5, 5.41) is 9.56. The van der Waals surface area contributed by atoms with Gasteiger partial charge in [0.1, 0.15) is 17.7 Å². The molecule has 6 heteroatoms. The summed E-state index contributed by atoms with van der Waals surface area (Å²) in [6, 6.07) is 0. The van der Waals surface area contributed by atoms with E-state index in [4.69, 9.17) is 9.47 Å². The van der Waals surface area contributed by atoms with Gasteiger partial charge in [-0.25, -0.2) is 4.79 Å². The van der Waals surface area contributed by atoms with Crippen molar-refractivity contribution in [3.63, 3.8) is 0 Å². The van der Waals surface area contributed by atoms with Gasteiger partial charge in [0.05, 0.1) is 6.61 Å². The Morgan fingerprint density at radius 1 is 1.42 bits per heavy atom. The molecule has 6 nitrogen and oxygen atoms in total. The maximum atomic E-state index is 12.1. The van der Waals surface area contributed by atoms with Crippen molar-refractivity contribution < 1.29 is 24.2 Å². The highest BCUT2D eigenvalue weighted by Gasteiger charge is 2.42. The van der Waals surface area contributed by atoms with Gasteiger partial charge < -0.3 is 14.6 Å². The highest BCUT2D eigenvalue weighted by molar-refractivity contribution is 5.71. The van der Waals surface area contributed by atoms with E-state index in [-0.39, 0.29) is 13.2 Å². The molecule has 1 aliphatic rings. The molecule has 1 rings (SSSR count). The number of nitrogens with zero attached hydrogens (tertiary/aromatic N) is 1. The van der Waals surface area contributed by atoms with Crippen LogP contribution >= 0.6 is 0 Å². The van der Waals surface area contributed by atoms with Crippen LogP contribution in [0.15, 0.2) is 12.2 Å². The fourth-order valence-corrected chi connectivity index (χ4v) is 1.76. The first-order chi connectivity index (χ1) is 8.70. The monoisotopic (exact) mass is 271 g/mol. The molecule has 0 radical (unpaired) electrons. The first-order valence-electron chi connectivity index (χ1n) is 6.13.